The Bertz CT molecular complexity index is 421. The zero-order valence-electron chi connectivity index (χ0n) is 12.0. The maximum absolute atomic E-state index is 6.35. The van der Waals surface area contributed by atoms with Crippen LogP contribution in [-0.2, 0) is 4.74 Å². The number of ether oxygens (including phenoxy) is 1. The average molecular weight is 361 g/mol. The number of hydrogen-bond acceptors (Lipinski definition) is 2. The Morgan fingerprint density at radius 3 is 3.05 bits per heavy atom. The molecule has 1 N–H and O–H groups in total. The second-order valence-corrected chi connectivity index (χ2v) is 6.66. The number of hydrogen-bond donors (Lipinski definition) is 1. The van der Waals surface area contributed by atoms with Crippen LogP contribution in [0.3, 0.4) is 0 Å². The minimum Gasteiger partial charge on any atom is -0.378 e. The first-order valence-electron chi connectivity index (χ1n) is 7.50. The topological polar surface area (TPSA) is 21.3 Å². The fourth-order valence-corrected chi connectivity index (χ4v) is 3.45. The summed E-state index contributed by atoms with van der Waals surface area (Å²) < 4.78 is 6.77. The molecule has 0 amide bonds. The van der Waals surface area contributed by atoms with Gasteiger partial charge >= 0.3 is 0 Å². The summed E-state index contributed by atoms with van der Waals surface area (Å²) in [5.74, 6) is 0. The minimum atomic E-state index is 0.325. The van der Waals surface area contributed by atoms with Gasteiger partial charge in [0.05, 0.1) is 6.10 Å². The van der Waals surface area contributed by atoms with E-state index in [0.29, 0.717) is 12.1 Å². The molecule has 2 unspecified atom stereocenters. The van der Waals surface area contributed by atoms with Crippen molar-refractivity contribution in [3.8, 4) is 0 Å². The molecule has 1 aromatic rings. The Hall–Kier alpha value is -0.0900. The summed E-state index contributed by atoms with van der Waals surface area (Å²) in [6, 6.07) is 6.40. The molecular weight excluding hydrogens is 338 g/mol. The third kappa shape index (κ3) is 4.73. The summed E-state index contributed by atoms with van der Waals surface area (Å²) in [6.07, 6.45) is 6.36. The number of halogens is 2. The Morgan fingerprint density at radius 1 is 1.50 bits per heavy atom. The Balaban J connectivity index is 1.93. The van der Waals surface area contributed by atoms with Gasteiger partial charge < -0.3 is 10.1 Å². The number of nitrogens with one attached hydrogen (secondary N) is 1. The van der Waals surface area contributed by atoms with Crippen LogP contribution in [0.15, 0.2) is 22.7 Å². The largest absolute Gasteiger partial charge is 0.378 e. The lowest BCUT2D eigenvalue weighted by molar-refractivity contribution is 0.101. The molecule has 0 aromatic heterocycles. The van der Waals surface area contributed by atoms with Crippen LogP contribution in [0.2, 0.25) is 5.02 Å². The maximum Gasteiger partial charge on any atom is 0.0576 e. The van der Waals surface area contributed by atoms with Crippen molar-refractivity contribution in [2.75, 3.05) is 13.2 Å². The van der Waals surface area contributed by atoms with E-state index in [0.717, 1.165) is 35.5 Å². The third-order valence-electron chi connectivity index (χ3n) is 3.83. The van der Waals surface area contributed by atoms with E-state index in [2.05, 4.69) is 34.2 Å². The third-order valence-corrected chi connectivity index (χ3v) is 4.66. The van der Waals surface area contributed by atoms with Gasteiger partial charge in [0.1, 0.15) is 0 Å². The van der Waals surface area contributed by atoms with E-state index in [-0.39, 0.29) is 0 Å². The lowest BCUT2D eigenvalue weighted by Gasteiger charge is -2.20. The molecule has 1 saturated heterocycles. The smallest absolute Gasteiger partial charge is 0.0576 e. The molecule has 0 radical (unpaired) electrons. The van der Waals surface area contributed by atoms with Gasteiger partial charge in [0.15, 0.2) is 0 Å². The Kier molecular flexibility index (Phi) is 6.82. The Morgan fingerprint density at radius 2 is 2.35 bits per heavy atom. The predicted octanol–water partition coefficient (Wildman–Crippen LogP) is 5.10. The average Bonchev–Trinajstić information content (AvgIpc) is 2.94. The van der Waals surface area contributed by atoms with Crippen molar-refractivity contribution in [2.24, 2.45) is 0 Å². The van der Waals surface area contributed by atoms with Crippen LogP contribution in [-0.4, -0.2) is 19.3 Å². The molecule has 1 heterocycles. The highest BCUT2D eigenvalue weighted by Gasteiger charge is 2.18. The summed E-state index contributed by atoms with van der Waals surface area (Å²) >= 11 is 9.88. The highest BCUT2D eigenvalue weighted by molar-refractivity contribution is 9.10. The second-order valence-electron chi connectivity index (χ2n) is 5.34. The molecule has 4 heteroatoms. The summed E-state index contributed by atoms with van der Waals surface area (Å²) in [5, 5.41) is 4.39. The normalized spacial score (nSPS) is 20.2. The van der Waals surface area contributed by atoms with E-state index in [9.17, 15) is 0 Å². The van der Waals surface area contributed by atoms with Gasteiger partial charge in [-0.1, -0.05) is 34.5 Å². The highest BCUT2D eigenvalue weighted by atomic mass is 79.9. The van der Waals surface area contributed by atoms with Crippen LogP contribution in [0.1, 0.15) is 50.6 Å². The molecule has 112 valence electrons. The van der Waals surface area contributed by atoms with Gasteiger partial charge in [-0.2, -0.15) is 0 Å². The van der Waals surface area contributed by atoms with Crippen LogP contribution >= 0.6 is 27.5 Å². The van der Waals surface area contributed by atoms with Crippen LogP contribution < -0.4 is 5.32 Å². The van der Waals surface area contributed by atoms with Crippen LogP contribution in [0, 0.1) is 0 Å². The molecule has 1 aliphatic rings. The van der Waals surface area contributed by atoms with Crippen molar-refractivity contribution in [1.29, 1.82) is 0 Å². The summed E-state index contributed by atoms with van der Waals surface area (Å²) in [5.41, 5.74) is 1.19. The molecule has 1 aromatic carbocycles. The molecule has 20 heavy (non-hydrogen) atoms. The highest BCUT2D eigenvalue weighted by Crippen LogP contribution is 2.30. The first-order chi connectivity index (χ1) is 9.70. The van der Waals surface area contributed by atoms with Crippen molar-refractivity contribution < 1.29 is 4.74 Å². The fraction of sp³-hybridized carbons (Fsp3) is 0.625. The van der Waals surface area contributed by atoms with Crippen molar-refractivity contribution in [3.63, 3.8) is 0 Å². The molecule has 1 fully saturated rings. The van der Waals surface area contributed by atoms with Gasteiger partial charge in [-0.05, 0) is 62.4 Å². The van der Waals surface area contributed by atoms with Gasteiger partial charge in [0, 0.05) is 22.1 Å². The van der Waals surface area contributed by atoms with Gasteiger partial charge in [0.2, 0.25) is 0 Å². The quantitative estimate of drug-likeness (QED) is 0.730. The summed E-state index contributed by atoms with van der Waals surface area (Å²) in [4.78, 5) is 0. The first-order valence-corrected chi connectivity index (χ1v) is 8.67. The van der Waals surface area contributed by atoms with Crippen LogP contribution in [0.25, 0.3) is 0 Å². The lowest BCUT2D eigenvalue weighted by Crippen LogP contribution is -2.21. The monoisotopic (exact) mass is 359 g/mol. The molecule has 1 aliphatic heterocycles. The molecule has 0 saturated carbocycles. The SMILES string of the molecule is CCNC(CCCC1CCCO1)c1cc(Br)ccc1Cl. The van der Waals surface area contributed by atoms with Gasteiger partial charge in [0.25, 0.3) is 0 Å². The van der Waals surface area contributed by atoms with E-state index in [4.69, 9.17) is 16.3 Å². The van der Waals surface area contributed by atoms with Crippen molar-refractivity contribution >= 4 is 27.5 Å². The zero-order valence-corrected chi connectivity index (χ0v) is 14.3. The van der Waals surface area contributed by atoms with Crippen molar-refractivity contribution in [2.45, 2.75) is 51.2 Å². The van der Waals surface area contributed by atoms with Gasteiger partial charge in [-0.3, -0.25) is 0 Å². The minimum absolute atomic E-state index is 0.325. The van der Waals surface area contributed by atoms with Crippen molar-refractivity contribution in [3.05, 3.63) is 33.3 Å². The number of benzene rings is 1. The molecule has 2 rings (SSSR count). The first kappa shape index (κ1) is 16.3. The van der Waals surface area contributed by atoms with E-state index in [1.165, 1.54) is 24.8 Å². The van der Waals surface area contributed by atoms with Crippen molar-refractivity contribution in [1.82, 2.24) is 5.32 Å². The molecule has 2 nitrogen and oxygen atoms in total. The zero-order chi connectivity index (χ0) is 14.4. The lowest BCUT2D eigenvalue weighted by atomic mass is 9.99. The van der Waals surface area contributed by atoms with E-state index >= 15 is 0 Å². The molecular formula is C16H23BrClNO. The van der Waals surface area contributed by atoms with E-state index in [1.54, 1.807) is 0 Å². The molecule has 2 atom stereocenters. The number of rotatable bonds is 7. The van der Waals surface area contributed by atoms with Crippen LogP contribution in [0.5, 0.6) is 0 Å². The Labute approximate surface area is 135 Å². The summed E-state index contributed by atoms with van der Waals surface area (Å²) in [7, 11) is 0. The predicted molar refractivity (Wildman–Crippen MR) is 88.4 cm³/mol. The van der Waals surface area contributed by atoms with E-state index in [1.807, 2.05) is 12.1 Å². The van der Waals surface area contributed by atoms with Gasteiger partial charge in [-0.15, -0.1) is 0 Å². The molecule has 0 aliphatic carbocycles. The van der Waals surface area contributed by atoms with Crippen LogP contribution in [0.4, 0.5) is 0 Å². The maximum atomic E-state index is 6.35. The second kappa shape index (κ2) is 8.38. The summed E-state index contributed by atoms with van der Waals surface area (Å²) in [6.45, 7) is 4.03. The fourth-order valence-electron chi connectivity index (χ4n) is 2.82. The standard InChI is InChI=1S/C16H23BrClNO/c1-2-19-16(7-3-5-13-6-4-10-20-13)14-11-12(17)8-9-15(14)18/h8-9,11,13,16,19H,2-7,10H2,1H3. The van der Waals surface area contributed by atoms with Gasteiger partial charge in [-0.25, -0.2) is 0 Å². The molecule has 0 spiro atoms. The van der Waals surface area contributed by atoms with E-state index < -0.39 is 0 Å². The molecule has 0 bridgehead atoms.